The minimum Gasteiger partial charge on any atom is -0.456 e. The zero-order chi connectivity index (χ0) is 37.9. The molecule has 5 heteroatoms. The molecule has 0 saturated heterocycles. The molecule has 3 heterocycles. The highest BCUT2D eigenvalue weighted by atomic mass is 16.3. The minimum atomic E-state index is 0.563. The van der Waals surface area contributed by atoms with E-state index in [0.717, 1.165) is 60.3 Å². The lowest BCUT2D eigenvalue weighted by atomic mass is 9.93. The van der Waals surface area contributed by atoms with E-state index in [1.165, 1.54) is 48.5 Å². The summed E-state index contributed by atoms with van der Waals surface area (Å²) in [6.07, 6.45) is 0. The molecule has 0 aliphatic rings. The molecule has 5 nitrogen and oxygen atoms in total. The highest BCUT2D eigenvalue weighted by molar-refractivity contribution is 6.26. The predicted octanol–water partition coefficient (Wildman–Crippen LogP) is 14.0. The van der Waals surface area contributed by atoms with E-state index in [-0.39, 0.29) is 0 Å². The lowest BCUT2D eigenvalue weighted by Gasteiger charge is -2.13. The average molecular weight is 739 g/mol. The van der Waals surface area contributed by atoms with E-state index in [4.69, 9.17) is 19.4 Å². The van der Waals surface area contributed by atoms with Gasteiger partial charge in [-0.3, -0.25) is 4.57 Å². The molecule has 268 valence electrons. The molecule has 0 radical (unpaired) electrons. The number of rotatable bonds is 3. The summed E-state index contributed by atoms with van der Waals surface area (Å²) in [7, 11) is 0. The van der Waals surface area contributed by atoms with Crippen LogP contribution >= 0.6 is 0 Å². The topological polar surface area (TPSA) is 56.7 Å². The van der Waals surface area contributed by atoms with E-state index in [1.807, 2.05) is 6.07 Å². The Kier molecular flexibility index (Phi) is 6.38. The van der Waals surface area contributed by atoms with Crippen molar-refractivity contribution in [2.24, 2.45) is 0 Å². The van der Waals surface area contributed by atoms with Gasteiger partial charge in [0, 0.05) is 32.7 Å². The van der Waals surface area contributed by atoms with Gasteiger partial charge in [0.25, 0.3) is 0 Å². The van der Waals surface area contributed by atoms with Gasteiger partial charge >= 0.3 is 0 Å². The highest BCUT2D eigenvalue weighted by Crippen LogP contribution is 2.40. The summed E-state index contributed by atoms with van der Waals surface area (Å²) in [4.78, 5) is 16.0. The molecule has 13 rings (SSSR count). The van der Waals surface area contributed by atoms with Crippen molar-refractivity contribution in [3.8, 4) is 28.7 Å². The third kappa shape index (κ3) is 4.50. The third-order valence-electron chi connectivity index (χ3n) is 12.0. The monoisotopic (exact) mass is 738 g/mol. The van der Waals surface area contributed by atoms with E-state index in [9.17, 15) is 0 Å². The number of furan rings is 1. The van der Waals surface area contributed by atoms with Crippen molar-refractivity contribution in [2.75, 3.05) is 0 Å². The van der Waals surface area contributed by atoms with Crippen LogP contribution in [0.1, 0.15) is 0 Å². The van der Waals surface area contributed by atoms with Crippen molar-refractivity contribution in [3.05, 3.63) is 182 Å². The van der Waals surface area contributed by atoms with Gasteiger partial charge in [-0.05, 0) is 102 Å². The molecule has 0 spiro atoms. The number of fused-ring (bicyclic) bond motifs is 15. The fourth-order valence-electron chi connectivity index (χ4n) is 9.33. The van der Waals surface area contributed by atoms with Crippen LogP contribution in [0, 0.1) is 0 Å². The van der Waals surface area contributed by atoms with E-state index in [0.29, 0.717) is 17.6 Å². The predicted molar refractivity (Wildman–Crippen MR) is 240 cm³/mol. The van der Waals surface area contributed by atoms with Crippen LogP contribution in [-0.4, -0.2) is 19.5 Å². The first-order valence-corrected chi connectivity index (χ1v) is 19.6. The molecule has 13 aromatic rings. The molecular formula is C53H30N4O. The number of hydrogen-bond acceptors (Lipinski definition) is 4. The van der Waals surface area contributed by atoms with Gasteiger partial charge in [-0.1, -0.05) is 133 Å². The van der Waals surface area contributed by atoms with Crippen LogP contribution in [0.25, 0.3) is 126 Å². The summed E-state index contributed by atoms with van der Waals surface area (Å²) in [5.41, 5.74) is 5.57. The number of para-hydroxylation sites is 1. The Morgan fingerprint density at radius 1 is 0.328 bits per heavy atom. The van der Waals surface area contributed by atoms with Gasteiger partial charge < -0.3 is 4.42 Å². The molecule has 0 aliphatic heterocycles. The number of aromatic nitrogens is 4. The van der Waals surface area contributed by atoms with Gasteiger partial charge in [-0.2, -0.15) is 9.97 Å². The van der Waals surface area contributed by atoms with Gasteiger partial charge in [-0.15, -0.1) is 0 Å². The maximum absolute atomic E-state index is 6.41. The Labute approximate surface area is 331 Å². The second-order valence-electron chi connectivity index (χ2n) is 15.2. The van der Waals surface area contributed by atoms with Crippen LogP contribution in [0.2, 0.25) is 0 Å². The highest BCUT2D eigenvalue weighted by Gasteiger charge is 2.21. The molecule has 0 fully saturated rings. The SMILES string of the molecule is c1ccc2cc3c(cc2c1)oc1ccc(-c2nc(-c4ccc5c6ccccc6c6ccccc6c5c4)nc(-n4c5ccccc5c5c6ccccc6ccc54)n2)cc13. The molecule has 0 amide bonds. The van der Waals surface area contributed by atoms with Crippen LogP contribution < -0.4 is 0 Å². The fourth-order valence-corrected chi connectivity index (χ4v) is 9.33. The van der Waals surface area contributed by atoms with Gasteiger partial charge in [0.05, 0.1) is 11.0 Å². The molecule has 0 atom stereocenters. The summed E-state index contributed by atoms with van der Waals surface area (Å²) in [6.45, 7) is 0. The molecule has 0 saturated carbocycles. The molecule has 0 aliphatic carbocycles. The smallest absolute Gasteiger partial charge is 0.238 e. The normalized spacial score (nSPS) is 12.1. The zero-order valence-electron chi connectivity index (χ0n) is 31.0. The Hall–Kier alpha value is -7.89. The van der Waals surface area contributed by atoms with Crippen LogP contribution in [0.3, 0.4) is 0 Å². The standard InChI is InChI=1S/C53H30N4O/c1-2-13-33-30-49-45(27-32(33)12-1)44-29-35(23-26-48(44)58-49)52-54-51(34-21-24-41-39-17-6-5-15-37(39)38-16-7-8-18-40(38)43(41)28-34)55-53(56-52)57-46-20-10-9-19-42(46)50-36-14-4-3-11-31(36)22-25-47(50)57/h1-30H. The maximum atomic E-state index is 6.41. The van der Waals surface area contributed by atoms with Crippen LogP contribution in [0.15, 0.2) is 186 Å². The number of nitrogens with zero attached hydrogens (tertiary/aromatic N) is 4. The van der Waals surface area contributed by atoms with E-state index < -0.39 is 0 Å². The van der Waals surface area contributed by atoms with Gasteiger partial charge in [0.2, 0.25) is 5.95 Å². The first-order chi connectivity index (χ1) is 28.7. The van der Waals surface area contributed by atoms with E-state index >= 15 is 0 Å². The Balaban J connectivity index is 1.10. The Morgan fingerprint density at radius 2 is 0.862 bits per heavy atom. The van der Waals surface area contributed by atoms with Gasteiger partial charge in [0.15, 0.2) is 11.6 Å². The first kappa shape index (κ1) is 31.3. The van der Waals surface area contributed by atoms with Crippen LogP contribution in [0.5, 0.6) is 0 Å². The lowest BCUT2D eigenvalue weighted by molar-refractivity contribution is 0.669. The largest absolute Gasteiger partial charge is 0.456 e. The van der Waals surface area contributed by atoms with Crippen molar-refractivity contribution in [1.82, 2.24) is 19.5 Å². The van der Waals surface area contributed by atoms with Gasteiger partial charge in [0.1, 0.15) is 11.2 Å². The zero-order valence-corrected chi connectivity index (χ0v) is 31.0. The minimum absolute atomic E-state index is 0.563. The van der Waals surface area contributed by atoms with E-state index in [2.05, 4.69) is 180 Å². The summed E-state index contributed by atoms with van der Waals surface area (Å²) in [6, 6.07) is 64.5. The van der Waals surface area contributed by atoms with Crippen molar-refractivity contribution < 1.29 is 4.42 Å². The molecular weight excluding hydrogens is 709 g/mol. The summed E-state index contributed by atoms with van der Waals surface area (Å²) in [5.74, 6) is 1.76. The number of benzene rings is 10. The van der Waals surface area contributed by atoms with Crippen molar-refractivity contribution in [2.45, 2.75) is 0 Å². The first-order valence-electron chi connectivity index (χ1n) is 19.6. The van der Waals surface area contributed by atoms with Crippen LogP contribution in [-0.2, 0) is 0 Å². The Bertz CT molecular complexity index is 3840. The second kappa shape index (κ2) is 11.8. The quantitative estimate of drug-likeness (QED) is 0.169. The lowest BCUT2D eigenvalue weighted by Crippen LogP contribution is -2.06. The maximum Gasteiger partial charge on any atom is 0.238 e. The number of hydrogen-bond donors (Lipinski definition) is 0. The third-order valence-corrected chi connectivity index (χ3v) is 12.0. The Morgan fingerprint density at radius 3 is 1.59 bits per heavy atom. The van der Waals surface area contributed by atoms with E-state index in [1.54, 1.807) is 0 Å². The van der Waals surface area contributed by atoms with Crippen molar-refractivity contribution >= 4 is 97.6 Å². The van der Waals surface area contributed by atoms with Crippen LogP contribution in [0.4, 0.5) is 0 Å². The van der Waals surface area contributed by atoms with Gasteiger partial charge in [-0.25, -0.2) is 4.98 Å². The van der Waals surface area contributed by atoms with Crippen molar-refractivity contribution in [1.29, 1.82) is 0 Å². The summed E-state index contributed by atoms with van der Waals surface area (Å²) < 4.78 is 8.61. The summed E-state index contributed by atoms with van der Waals surface area (Å²) in [5, 5.41) is 16.4. The molecule has 0 N–H and O–H groups in total. The summed E-state index contributed by atoms with van der Waals surface area (Å²) >= 11 is 0. The molecule has 0 bridgehead atoms. The average Bonchev–Trinajstić information content (AvgIpc) is 3.83. The van der Waals surface area contributed by atoms with Crippen molar-refractivity contribution in [3.63, 3.8) is 0 Å². The molecule has 0 unspecified atom stereocenters. The second-order valence-corrected chi connectivity index (χ2v) is 15.2. The fraction of sp³-hybridized carbons (Fsp3) is 0. The molecule has 10 aromatic carbocycles. The molecule has 58 heavy (non-hydrogen) atoms. The molecule has 3 aromatic heterocycles.